The molecule has 70 valence electrons. The van der Waals surface area contributed by atoms with Crippen molar-refractivity contribution in [3.63, 3.8) is 0 Å². The molecular formula is C9H15BrO2. The van der Waals surface area contributed by atoms with Crippen LogP contribution in [0, 0.1) is 11.3 Å². The van der Waals surface area contributed by atoms with Crippen LogP contribution in [-0.2, 0) is 4.79 Å². The fourth-order valence-electron chi connectivity index (χ4n) is 1.07. The van der Waals surface area contributed by atoms with Crippen LogP contribution in [0.1, 0.15) is 20.8 Å². The van der Waals surface area contributed by atoms with E-state index in [1.54, 1.807) is 6.08 Å². The Labute approximate surface area is 81.8 Å². The van der Waals surface area contributed by atoms with E-state index in [0.29, 0.717) is 0 Å². The minimum absolute atomic E-state index is 0.0602. The van der Waals surface area contributed by atoms with Crippen LogP contribution in [0.4, 0.5) is 0 Å². The molecule has 2 atom stereocenters. The number of carboxylic acid groups (broad SMARTS) is 1. The van der Waals surface area contributed by atoms with Gasteiger partial charge < -0.3 is 5.11 Å². The number of hydrogen-bond acceptors (Lipinski definition) is 1. The largest absolute Gasteiger partial charge is 0.480 e. The molecule has 0 amide bonds. The first kappa shape index (κ1) is 11.7. The Morgan fingerprint density at radius 1 is 1.58 bits per heavy atom. The van der Waals surface area contributed by atoms with Gasteiger partial charge in [0.1, 0.15) is 4.83 Å². The number of aliphatic carboxylic acids is 1. The van der Waals surface area contributed by atoms with Crippen molar-refractivity contribution in [2.24, 2.45) is 11.3 Å². The summed E-state index contributed by atoms with van der Waals surface area (Å²) < 4.78 is 0. The average molecular weight is 235 g/mol. The van der Waals surface area contributed by atoms with Gasteiger partial charge in [0, 0.05) is 5.92 Å². The molecule has 0 aliphatic heterocycles. The van der Waals surface area contributed by atoms with Crippen LogP contribution in [0.15, 0.2) is 12.7 Å². The highest BCUT2D eigenvalue weighted by atomic mass is 79.9. The van der Waals surface area contributed by atoms with Gasteiger partial charge in [-0.3, -0.25) is 4.79 Å². The maximum Gasteiger partial charge on any atom is 0.317 e. The van der Waals surface area contributed by atoms with E-state index in [9.17, 15) is 4.79 Å². The summed E-state index contributed by atoms with van der Waals surface area (Å²) in [4.78, 5) is 10.1. The van der Waals surface area contributed by atoms with Gasteiger partial charge in [-0.2, -0.15) is 0 Å². The number of allylic oxidation sites excluding steroid dienone is 1. The van der Waals surface area contributed by atoms with Gasteiger partial charge in [-0.05, 0) is 5.41 Å². The SMILES string of the molecule is C=C[C@H]([C@@H](Br)C(=O)O)C(C)(C)C. The van der Waals surface area contributed by atoms with Crippen molar-refractivity contribution in [1.82, 2.24) is 0 Å². The number of rotatable bonds is 3. The second kappa shape index (κ2) is 4.08. The molecule has 3 heteroatoms. The van der Waals surface area contributed by atoms with Gasteiger partial charge in [-0.15, -0.1) is 6.58 Å². The van der Waals surface area contributed by atoms with E-state index in [0.717, 1.165) is 0 Å². The Morgan fingerprint density at radius 3 is 2.08 bits per heavy atom. The lowest BCUT2D eigenvalue weighted by atomic mass is 9.79. The second-order valence-corrected chi connectivity index (χ2v) is 4.85. The first-order valence-electron chi connectivity index (χ1n) is 3.80. The molecule has 0 rings (SSSR count). The van der Waals surface area contributed by atoms with Crippen molar-refractivity contribution >= 4 is 21.9 Å². The topological polar surface area (TPSA) is 37.3 Å². The zero-order valence-electron chi connectivity index (χ0n) is 7.67. The Morgan fingerprint density at radius 2 is 2.00 bits per heavy atom. The summed E-state index contributed by atoms with van der Waals surface area (Å²) in [6.45, 7) is 9.63. The summed E-state index contributed by atoms with van der Waals surface area (Å²) in [7, 11) is 0. The number of alkyl halides is 1. The van der Waals surface area contributed by atoms with Crippen molar-refractivity contribution in [3.05, 3.63) is 12.7 Å². The smallest absolute Gasteiger partial charge is 0.317 e. The highest BCUT2D eigenvalue weighted by molar-refractivity contribution is 9.10. The standard InChI is InChI=1S/C9H15BrO2/c1-5-6(9(2,3)4)7(10)8(11)12/h5-7H,1H2,2-4H3,(H,11,12)/t6-,7-/m1/s1. The third-order valence-corrected chi connectivity index (χ3v) is 2.77. The lowest BCUT2D eigenvalue weighted by Gasteiger charge is -2.29. The third-order valence-electron chi connectivity index (χ3n) is 1.81. The average Bonchev–Trinajstić information content (AvgIpc) is 1.85. The molecule has 0 aliphatic carbocycles. The molecule has 1 N–H and O–H groups in total. The molecule has 0 aliphatic rings. The van der Waals surface area contributed by atoms with Crippen molar-refractivity contribution in [2.45, 2.75) is 25.6 Å². The van der Waals surface area contributed by atoms with Gasteiger partial charge in [0.15, 0.2) is 0 Å². The summed E-state index contributed by atoms with van der Waals surface area (Å²) in [5.74, 6) is -0.898. The highest BCUT2D eigenvalue weighted by Gasteiger charge is 2.32. The van der Waals surface area contributed by atoms with E-state index in [-0.39, 0.29) is 11.3 Å². The molecule has 0 aromatic heterocycles. The quantitative estimate of drug-likeness (QED) is 0.603. The molecule has 0 saturated carbocycles. The Bertz CT molecular complexity index is 181. The van der Waals surface area contributed by atoms with E-state index in [1.165, 1.54) is 0 Å². The van der Waals surface area contributed by atoms with E-state index in [4.69, 9.17) is 5.11 Å². The van der Waals surface area contributed by atoms with Gasteiger partial charge in [0.05, 0.1) is 0 Å². The summed E-state index contributed by atoms with van der Waals surface area (Å²) in [6, 6.07) is 0. The van der Waals surface area contributed by atoms with Crippen molar-refractivity contribution in [2.75, 3.05) is 0 Å². The van der Waals surface area contributed by atoms with Crippen molar-refractivity contribution < 1.29 is 9.90 Å². The molecule has 0 heterocycles. The van der Waals surface area contributed by atoms with Gasteiger partial charge in [-0.25, -0.2) is 0 Å². The number of halogens is 1. The Balaban J connectivity index is 4.57. The molecule has 0 aromatic rings. The number of hydrogen-bond donors (Lipinski definition) is 1. The monoisotopic (exact) mass is 234 g/mol. The fraction of sp³-hybridized carbons (Fsp3) is 0.667. The lowest BCUT2D eigenvalue weighted by Crippen LogP contribution is -2.32. The van der Waals surface area contributed by atoms with E-state index < -0.39 is 10.8 Å². The molecular weight excluding hydrogens is 220 g/mol. The molecule has 0 unspecified atom stereocenters. The van der Waals surface area contributed by atoms with Crippen molar-refractivity contribution in [1.29, 1.82) is 0 Å². The first-order chi connectivity index (χ1) is 5.30. The van der Waals surface area contributed by atoms with Crippen LogP contribution in [0.5, 0.6) is 0 Å². The van der Waals surface area contributed by atoms with Crippen LogP contribution in [0.25, 0.3) is 0 Å². The molecule has 2 nitrogen and oxygen atoms in total. The zero-order valence-corrected chi connectivity index (χ0v) is 9.26. The van der Waals surface area contributed by atoms with Gasteiger partial charge in [0.25, 0.3) is 0 Å². The zero-order chi connectivity index (χ0) is 9.94. The van der Waals surface area contributed by atoms with Crippen LogP contribution in [0.3, 0.4) is 0 Å². The first-order valence-corrected chi connectivity index (χ1v) is 4.71. The van der Waals surface area contributed by atoms with E-state index >= 15 is 0 Å². The van der Waals surface area contributed by atoms with Gasteiger partial charge in [0.2, 0.25) is 0 Å². The molecule has 12 heavy (non-hydrogen) atoms. The predicted molar refractivity (Wildman–Crippen MR) is 53.5 cm³/mol. The minimum atomic E-state index is -0.838. The summed E-state index contributed by atoms with van der Waals surface area (Å²) >= 11 is 3.13. The maximum absolute atomic E-state index is 10.7. The molecule has 0 fully saturated rings. The lowest BCUT2D eigenvalue weighted by molar-refractivity contribution is -0.137. The number of carbonyl (C=O) groups is 1. The van der Waals surface area contributed by atoms with Crippen molar-refractivity contribution in [3.8, 4) is 0 Å². The van der Waals surface area contributed by atoms with Gasteiger partial charge in [-0.1, -0.05) is 42.8 Å². The van der Waals surface area contributed by atoms with Gasteiger partial charge >= 0.3 is 5.97 Å². The maximum atomic E-state index is 10.7. The highest BCUT2D eigenvalue weighted by Crippen LogP contribution is 2.33. The van der Waals surface area contributed by atoms with Crippen LogP contribution < -0.4 is 0 Å². The number of carboxylic acids is 1. The second-order valence-electron chi connectivity index (χ2n) is 3.87. The summed E-state index contributed by atoms with van der Waals surface area (Å²) in [6.07, 6.45) is 1.69. The third kappa shape index (κ3) is 2.97. The molecule has 0 saturated heterocycles. The van der Waals surface area contributed by atoms with Crippen LogP contribution in [0.2, 0.25) is 0 Å². The minimum Gasteiger partial charge on any atom is -0.480 e. The normalized spacial score (nSPS) is 16.7. The van der Waals surface area contributed by atoms with E-state index in [2.05, 4.69) is 22.5 Å². The molecule has 0 spiro atoms. The Kier molecular flexibility index (Phi) is 3.97. The van der Waals surface area contributed by atoms with Crippen LogP contribution >= 0.6 is 15.9 Å². The summed E-state index contributed by atoms with van der Waals surface area (Å²) in [5, 5.41) is 8.75. The Hall–Kier alpha value is -0.310. The predicted octanol–water partition coefficient (Wildman–Crippen LogP) is 2.68. The molecule has 0 radical (unpaired) electrons. The van der Waals surface area contributed by atoms with Crippen LogP contribution in [-0.4, -0.2) is 15.9 Å². The van der Waals surface area contributed by atoms with E-state index in [1.807, 2.05) is 20.8 Å². The molecule has 0 aromatic carbocycles. The summed E-state index contributed by atoms with van der Waals surface area (Å²) in [5.41, 5.74) is -0.0751. The fourth-order valence-corrected chi connectivity index (χ4v) is 2.07. The molecule has 0 bridgehead atoms.